The molecule has 4 aromatic carbocycles. The molecule has 0 aliphatic heterocycles. The first kappa shape index (κ1) is 26.6. The normalized spacial score (nSPS) is 11.1. The SMILES string of the molecule is CCOc1ccc(NC(=O)/C(C#N)=C/c2cc(Cl)c(OCc3c(C)ccc4ccccc34)c(OC)c2)cc1. The van der Waals surface area contributed by atoms with Crippen LogP contribution >= 0.6 is 11.6 Å². The minimum Gasteiger partial charge on any atom is -0.494 e. The first-order valence-corrected chi connectivity index (χ1v) is 12.4. The van der Waals surface area contributed by atoms with E-state index in [4.69, 9.17) is 25.8 Å². The average Bonchev–Trinajstić information content (AvgIpc) is 2.92. The molecule has 0 heterocycles. The largest absolute Gasteiger partial charge is 0.494 e. The monoisotopic (exact) mass is 526 g/mol. The third-order valence-corrected chi connectivity index (χ3v) is 6.27. The maximum atomic E-state index is 12.7. The minimum atomic E-state index is -0.543. The molecule has 0 fully saturated rings. The number of nitriles is 1. The van der Waals surface area contributed by atoms with E-state index in [1.807, 2.05) is 32.0 Å². The molecule has 0 bridgehead atoms. The van der Waals surface area contributed by atoms with Gasteiger partial charge in [-0.3, -0.25) is 4.79 Å². The maximum Gasteiger partial charge on any atom is 0.266 e. The van der Waals surface area contributed by atoms with Gasteiger partial charge in [0.15, 0.2) is 11.5 Å². The highest BCUT2D eigenvalue weighted by molar-refractivity contribution is 6.32. The molecule has 0 radical (unpaired) electrons. The topological polar surface area (TPSA) is 80.6 Å². The van der Waals surface area contributed by atoms with Gasteiger partial charge in [0.05, 0.1) is 18.7 Å². The van der Waals surface area contributed by atoms with E-state index in [9.17, 15) is 10.1 Å². The van der Waals surface area contributed by atoms with Gasteiger partial charge in [-0.05, 0) is 78.2 Å². The summed E-state index contributed by atoms with van der Waals surface area (Å²) in [5, 5.41) is 14.9. The Morgan fingerprint density at radius 3 is 2.53 bits per heavy atom. The number of hydrogen-bond donors (Lipinski definition) is 1. The molecular weight excluding hydrogens is 500 g/mol. The van der Waals surface area contributed by atoms with E-state index in [2.05, 4.69) is 29.6 Å². The highest BCUT2D eigenvalue weighted by Gasteiger charge is 2.16. The Kier molecular flexibility index (Phi) is 8.52. The molecule has 38 heavy (non-hydrogen) atoms. The predicted molar refractivity (Wildman–Crippen MR) is 151 cm³/mol. The fraction of sp³-hybridized carbons (Fsp3) is 0.161. The van der Waals surface area contributed by atoms with Crippen molar-refractivity contribution in [1.29, 1.82) is 5.26 Å². The summed E-state index contributed by atoms with van der Waals surface area (Å²) in [5.41, 5.74) is 3.15. The van der Waals surface area contributed by atoms with Crippen molar-refractivity contribution in [2.75, 3.05) is 19.0 Å². The Labute approximate surface area is 227 Å². The third-order valence-electron chi connectivity index (χ3n) is 5.99. The molecule has 0 aliphatic carbocycles. The standard InChI is InChI=1S/C31H27ClN2O4/c1-4-37-25-13-11-24(12-14-25)34-31(35)23(18-33)15-21-16-28(32)30(29(17-21)36-3)38-19-27-20(2)9-10-22-7-5-6-8-26(22)27/h5-17H,4,19H2,1-3H3,(H,34,35)/b23-15+. The number of amides is 1. The number of carbonyl (C=O) groups is 1. The number of nitrogens with zero attached hydrogens (tertiary/aromatic N) is 1. The molecule has 0 spiro atoms. The number of ether oxygens (including phenoxy) is 3. The minimum absolute atomic E-state index is 0.0861. The number of nitrogens with one attached hydrogen (secondary N) is 1. The fourth-order valence-corrected chi connectivity index (χ4v) is 4.33. The van der Waals surface area contributed by atoms with E-state index >= 15 is 0 Å². The van der Waals surface area contributed by atoms with E-state index in [0.717, 1.165) is 21.9 Å². The van der Waals surface area contributed by atoms with Gasteiger partial charge in [-0.25, -0.2) is 0 Å². The Morgan fingerprint density at radius 2 is 1.82 bits per heavy atom. The lowest BCUT2D eigenvalue weighted by molar-refractivity contribution is -0.112. The molecule has 1 N–H and O–H groups in total. The van der Waals surface area contributed by atoms with Crippen LogP contribution in [0.5, 0.6) is 17.2 Å². The molecule has 0 aromatic heterocycles. The zero-order valence-corrected chi connectivity index (χ0v) is 22.1. The third kappa shape index (κ3) is 6.08. The van der Waals surface area contributed by atoms with Crippen molar-refractivity contribution in [3.05, 3.63) is 100 Å². The van der Waals surface area contributed by atoms with Gasteiger partial charge in [0.1, 0.15) is 24.0 Å². The summed E-state index contributed by atoms with van der Waals surface area (Å²) < 4.78 is 17.1. The van der Waals surface area contributed by atoms with Crippen molar-refractivity contribution in [2.45, 2.75) is 20.5 Å². The van der Waals surface area contributed by atoms with Crippen LogP contribution in [0.1, 0.15) is 23.6 Å². The molecule has 0 saturated heterocycles. The number of benzene rings is 4. The van der Waals surface area contributed by atoms with E-state index in [1.165, 1.54) is 13.2 Å². The van der Waals surface area contributed by atoms with Crippen molar-refractivity contribution >= 4 is 40.0 Å². The first-order valence-electron chi connectivity index (χ1n) is 12.1. The molecule has 0 atom stereocenters. The zero-order chi connectivity index (χ0) is 27.1. The molecule has 0 aliphatic rings. The van der Waals surface area contributed by atoms with Gasteiger partial charge in [0, 0.05) is 11.3 Å². The van der Waals surface area contributed by atoms with Crippen molar-refractivity contribution < 1.29 is 19.0 Å². The van der Waals surface area contributed by atoms with Gasteiger partial charge in [-0.1, -0.05) is 48.0 Å². The van der Waals surface area contributed by atoms with Crippen LogP contribution in [-0.2, 0) is 11.4 Å². The lowest BCUT2D eigenvalue weighted by Crippen LogP contribution is -2.13. The van der Waals surface area contributed by atoms with Gasteiger partial charge >= 0.3 is 0 Å². The molecule has 0 saturated carbocycles. The molecule has 7 heteroatoms. The van der Waals surface area contributed by atoms with Crippen LogP contribution in [0.3, 0.4) is 0 Å². The van der Waals surface area contributed by atoms with Crippen LogP contribution in [0, 0.1) is 18.3 Å². The van der Waals surface area contributed by atoms with Gasteiger partial charge in [-0.2, -0.15) is 5.26 Å². The van der Waals surface area contributed by atoms with E-state index < -0.39 is 5.91 Å². The summed E-state index contributed by atoms with van der Waals surface area (Å²) in [6, 6.07) is 24.5. The van der Waals surface area contributed by atoms with E-state index in [-0.39, 0.29) is 5.57 Å². The highest BCUT2D eigenvalue weighted by Crippen LogP contribution is 2.38. The van der Waals surface area contributed by atoms with Crippen LogP contribution < -0.4 is 19.5 Å². The van der Waals surface area contributed by atoms with Gasteiger partial charge in [-0.15, -0.1) is 0 Å². The number of aryl methyl sites for hydroxylation is 1. The second-order valence-corrected chi connectivity index (χ2v) is 8.89. The fourth-order valence-electron chi connectivity index (χ4n) is 4.06. The smallest absolute Gasteiger partial charge is 0.266 e. The van der Waals surface area contributed by atoms with Crippen molar-refractivity contribution in [3.8, 4) is 23.3 Å². The first-order chi connectivity index (χ1) is 18.4. The number of anilines is 1. The Hall–Kier alpha value is -4.47. The molecular formula is C31H27ClN2O4. The summed E-state index contributed by atoms with van der Waals surface area (Å²) in [6.45, 7) is 4.78. The summed E-state index contributed by atoms with van der Waals surface area (Å²) >= 11 is 6.58. The molecule has 1 amide bonds. The second-order valence-electron chi connectivity index (χ2n) is 8.49. The van der Waals surface area contributed by atoms with Crippen LogP contribution in [0.4, 0.5) is 5.69 Å². The van der Waals surface area contributed by atoms with Crippen LogP contribution in [0.25, 0.3) is 16.8 Å². The zero-order valence-electron chi connectivity index (χ0n) is 21.4. The number of halogens is 1. The van der Waals surface area contributed by atoms with Crippen molar-refractivity contribution in [3.63, 3.8) is 0 Å². The Bertz CT molecular complexity index is 1540. The Balaban J connectivity index is 1.55. The maximum absolute atomic E-state index is 12.7. The van der Waals surface area contributed by atoms with Crippen LogP contribution in [0.2, 0.25) is 5.02 Å². The van der Waals surface area contributed by atoms with Crippen molar-refractivity contribution in [2.24, 2.45) is 0 Å². The summed E-state index contributed by atoms with van der Waals surface area (Å²) in [5.74, 6) is 0.932. The van der Waals surface area contributed by atoms with Crippen LogP contribution in [0.15, 0.2) is 78.4 Å². The average molecular weight is 527 g/mol. The van der Waals surface area contributed by atoms with Gasteiger partial charge in [0.25, 0.3) is 5.91 Å². The lowest BCUT2D eigenvalue weighted by atomic mass is 10.0. The van der Waals surface area contributed by atoms with Gasteiger partial charge in [0.2, 0.25) is 0 Å². The number of carbonyl (C=O) groups excluding carboxylic acids is 1. The molecule has 0 unspecified atom stereocenters. The molecule has 6 nitrogen and oxygen atoms in total. The summed E-state index contributed by atoms with van der Waals surface area (Å²) in [6.07, 6.45) is 1.46. The quantitative estimate of drug-likeness (QED) is 0.182. The molecule has 192 valence electrons. The second kappa shape index (κ2) is 12.2. The Morgan fingerprint density at radius 1 is 1.05 bits per heavy atom. The number of hydrogen-bond acceptors (Lipinski definition) is 5. The van der Waals surface area contributed by atoms with Crippen LogP contribution in [-0.4, -0.2) is 19.6 Å². The highest BCUT2D eigenvalue weighted by atomic mass is 35.5. The number of methoxy groups -OCH3 is 1. The molecule has 4 aromatic rings. The molecule has 4 rings (SSSR count). The predicted octanol–water partition coefficient (Wildman–Crippen LogP) is 7.33. The van der Waals surface area contributed by atoms with Gasteiger partial charge < -0.3 is 19.5 Å². The van der Waals surface area contributed by atoms with E-state index in [1.54, 1.807) is 36.4 Å². The lowest BCUT2D eigenvalue weighted by Gasteiger charge is -2.16. The number of fused-ring (bicyclic) bond motifs is 1. The van der Waals surface area contributed by atoms with Crippen molar-refractivity contribution in [1.82, 2.24) is 0 Å². The summed E-state index contributed by atoms with van der Waals surface area (Å²) in [4.78, 5) is 12.7. The van der Waals surface area contributed by atoms with E-state index in [0.29, 0.717) is 46.7 Å². The number of rotatable bonds is 9. The summed E-state index contributed by atoms with van der Waals surface area (Å²) in [7, 11) is 1.51.